The zero-order valence-corrected chi connectivity index (χ0v) is 8.66. The van der Waals surface area contributed by atoms with E-state index < -0.39 is 17.9 Å². The Balaban J connectivity index is 2.90. The van der Waals surface area contributed by atoms with Crippen LogP contribution in [-0.4, -0.2) is 18.2 Å². The topological polar surface area (TPSA) is 46.5 Å². The van der Waals surface area contributed by atoms with Crippen LogP contribution in [0.25, 0.3) is 0 Å². The molecule has 0 aliphatic carbocycles. The van der Waals surface area contributed by atoms with Crippen LogP contribution in [0.4, 0.5) is 4.39 Å². The van der Waals surface area contributed by atoms with Crippen LogP contribution in [0.15, 0.2) is 18.2 Å². The van der Waals surface area contributed by atoms with Gasteiger partial charge in [-0.25, -0.2) is 4.39 Å². The summed E-state index contributed by atoms with van der Waals surface area (Å²) in [4.78, 5) is 10.9. The third-order valence-electron chi connectivity index (χ3n) is 2.19. The molecule has 1 aromatic carbocycles. The molecule has 0 saturated heterocycles. The number of rotatable bonds is 3. The van der Waals surface area contributed by atoms with Gasteiger partial charge < -0.3 is 9.84 Å². The number of aryl methyl sites for hydroxylation is 1. The van der Waals surface area contributed by atoms with Crippen molar-refractivity contribution in [2.75, 3.05) is 7.11 Å². The number of hydrogen-bond acceptors (Lipinski definition) is 3. The smallest absolute Gasteiger partial charge is 0.308 e. The molecule has 0 spiro atoms. The highest BCUT2D eigenvalue weighted by Gasteiger charge is 2.18. The second-order valence-corrected chi connectivity index (χ2v) is 3.27. The molecule has 0 aliphatic heterocycles. The summed E-state index contributed by atoms with van der Waals surface area (Å²) < 4.78 is 17.7. The summed E-state index contributed by atoms with van der Waals surface area (Å²) in [6.45, 7) is 1.68. The molecule has 1 atom stereocenters. The lowest BCUT2D eigenvalue weighted by molar-refractivity contribution is -0.142. The predicted octanol–water partition coefficient (Wildman–Crippen LogP) is 1.73. The number of methoxy groups -OCH3 is 1. The van der Waals surface area contributed by atoms with Crippen LogP contribution in [0.5, 0.6) is 0 Å². The molecule has 1 N–H and O–H groups in total. The minimum absolute atomic E-state index is 0.155. The minimum Gasteiger partial charge on any atom is -0.469 e. The average Bonchev–Trinajstić information content (AvgIpc) is 2.17. The van der Waals surface area contributed by atoms with Gasteiger partial charge in [0.05, 0.1) is 19.6 Å². The molecule has 1 rings (SSSR count). The maximum atomic E-state index is 13.3. The van der Waals surface area contributed by atoms with Gasteiger partial charge in [0, 0.05) is 5.56 Å². The van der Waals surface area contributed by atoms with Crippen molar-refractivity contribution < 1.29 is 19.0 Å². The molecule has 0 amide bonds. The van der Waals surface area contributed by atoms with Gasteiger partial charge >= 0.3 is 5.97 Å². The second kappa shape index (κ2) is 4.89. The molecular weight excluding hydrogens is 199 g/mol. The molecule has 15 heavy (non-hydrogen) atoms. The van der Waals surface area contributed by atoms with Gasteiger partial charge in [-0.05, 0) is 18.6 Å². The Morgan fingerprint density at radius 1 is 1.60 bits per heavy atom. The number of aliphatic hydroxyl groups excluding tert-OH is 1. The molecule has 0 radical (unpaired) electrons. The Labute approximate surface area is 87.5 Å². The molecule has 0 fully saturated rings. The van der Waals surface area contributed by atoms with E-state index in [2.05, 4.69) is 4.74 Å². The van der Waals surface area contributed by atoms with Crippen molar-refractivity contribution in [2.45, 2.75) is 19.4 Å². The summed E-state index contributed by atoms with van der Waals surface area (Å²) >= 11 is 0. The standard InChI is InChI=1S/C11H13FO3/c1-7-4-3-5-8(12)11(7)9(13)6-10(14)15-2/h3-5,9,13H,6H2,1-2H3/t9-/m0/s1. The fourth-order valence-corrected chi connectivity index (χ4v) is 1.41. The fraction of sp³-hybridized carbons (Fsp3) is 0.364. The summed E-state index contributed by atoms with van der Waals surface area (Å²) in [5.74, 6) is -1.07. The normalized spacial score (nSPS) is 12.3. The summed E-state index contributed by atoms with van der Waals surface area (Å²) in [7, 11) is 1.23. The first-order valence-electron chi connectivity index (χ1n) is 4.56. The van der Waals surface area contributed by atoms with E-state index in [-0.39, 0.29) is 12.0 Å². The van der Waals surface area contributed by atoms with Crippen molar-refractivity contribution >= 4 is 5.97 Å². The Morgan fingerprint density at radius 2 is 2.27 bits per heavy atom. The summed E-state index contributed by atoms with van der Waals surface area (Å²) in [5, 5.41) is 9.64. The van der Waals surface area contributed by atoms with Crippen LogP contribution < -0.4 is 0 Å². The summed E-state index contributed by atoms with van der Waals surface area (Å²) in [6, 6.07) is 4.49. The lowest BCUT2D eigenvalue weighted by Crippen LogP contribution is -2.10. The van der Waals surface area contributed by atoms with Crippen molar-refractivity contribution in [2.24, 2.45) is 0 Å². The van der Waals surface area contributed by atoms with E-state index in [1.54, 1.807) is 19.1 Å². The number of halogens is 1. The minimum atomic E-state index is -1.15. The Bertz CT molecular complexity index is 343. The summed E-state index contributed by atoms with van der Waals surface area (Å²) in [5.41, 5.74) is 0.773. The van der Waals surface area contributed by atoms with Crippen molar-refractivity contribution in [3.8, 4) is 0 Å². The van der Waals surface area contributed by atoms with Gasteiger partial charge in [0.2, 0.25) is 0 Å². The highest BCUT2D eigenvalue weighted by Crippen LogP contribution is 2.23. The van der Waals surface area contributed by atoms with E-state index in [9.17, 15) is 14.3 Å². The molecule has 3 nitrogen and oxygen atoms in total. The van der Waals surface area contributed by atoms with Gasteiger partial charge in [-0.15, -0.1) is 0 Å². The Morgan fingerprint density at radius 3 is 2.80 bits per heavy atom. The first kappa shape index (κ1) is 11.7. The predicted molar refractivity (Wildman–Crippen MR) is 52.7 cm³/mol. The van der Waals surface area contributed by atoms with E-state index in [0.29, 0.717) is 5.56 Å². The third-order valence-corrected chi connectivity index (χ3v) is 2.19. The number of carbonyl (C=O) groups excluding carboxylic acids is 1. The largest absolute Gasteiger partial charge is 0.469 e. The fourth-order valence-electron chi connectivity index (χ4n) is 1.41. The maximum Gasteiger partial charge on any atom is 0.308 e. The average molecular weight is 212 g/mol. The van der Waals surface area contributed by atoms with E-state index in [0.717, 1.165) is 0 Å². The van der Waals surface area contributed by atoms with E-state index in [1.165, 1.54) is 13.2 Å². The molecular formula is C11H13FO3. The first-order chi connectivity index (χ1) is 7.06. The quantitative estimate of drug-likeness (QED) is 0.776. The highest BCUT2D eigenvalue weighted by atomic mass is 19.1. The zero-order valence-electron chi connectivity index (χ0n) is 8.66. The van der Waals surface area contributed by atoms with Gasteiger partial charge in [0.15, 0.2) is 0 Å². The van der Waals surface area contributed by atoms with E-state index >= 15 is 0 Å². The molecule has 0 aliphatic rings. The lowest BCUT2D eigenvalue weighted by Gasteiger charge is -2.13. The van der Waals surface area contributed by atoms with Crippen molar-refractivity contribution in [1.29, 1.82) is 0 Å². The molecule has 0 aromatic heterocycles. The monoisotopic (exact) mass is 212 g/mol. The van der Waals surface area contributed by atoms with Crippen LogP contribution in [0.1, 0.15) is 23.7 Å². The van der Waals surface area contributed by atoms with Gasteiger partial charge in [0.25, 0.3) is 0 Å². The summed E-state index contributed by atoms with van der Waals surface area (Å²) in [6.07, 6.45) is -1.39. The van der Waals surface area contributed by atoms with E-state index in [1.807, 2.05) is 0 Å². The zero-order chi connectivity index (χ0) is 11.4. The number of ether oxygens (including phenoxy) is 1. The number of esters is 1. The Kier molecular flexibility index (Phi) is 3.80. The number of aliphatic hydroxyl groups is 1. The van der Waals surface area contributed by atoms with Crippen LogP contribution in [0.2, 0.25) is 0 Å². The molecule has 0 bridgehead atoms. The molecule has 82 valence electrons. The Hall–Kier alpha value is -1.42. The molecule has 0 unspecified atom stereocenters. The highest BCUT2D eigenvalue weighted by molar-refractivity contribution is 5.70. The number of carbonyl (C=O) groups is 1. The second-order valence-electron chi connectivity index (χ2n) is 3.27. The third kappa shape index (κ3) is 2.76. The van der Waals surface area contributed by atoms with Crippen LogP contribution in [0, 0.1) is 12.7 Å². The lowest BCUT2D eigenvalue weighted by atomic mass is 10.0. The van der Waals surface area contributed by atoms with Crippen LogP contribution in [-0.2, 0) is 9.53 Å². The maximum absolute atomic E-state index is 13.3. The molecule has 0 saturated carbocycles. The number of benzene rings is 1. The van der Waals surface area contributed by atoms with Crippen molar-refractivity contribution in [3.05, 3.63) is 35.1 Å². The van der Waals surface area contributed by atoms with Gasteiger partial charge in [-0.3, -0.25) is 4.79 Å². The van der Waals surface area contributed by atoms with Gasteiger partial charge in [-0.2, -0.15) is 0 Å². The SMILES string of the molecule is COC(=O)C[C@H](O)c1c(C)cccc1F. The molecule has 4 heteroatoms. The van der Waals surface area contributed by atoms with Gasteiger partial charge in [0.1, 0.15) is 5.82 Å². The van der Waals surface area contributed by atoms with Crippen LogP contribution in [0.3, 0.4) is 0 Å². The first-order valence-corrected chi connectivity index (χ1v) is 4.56. The molecule has 0 heterocycles. The van der Waals surface area contributed by atoms with Crippen LogP contribution >= 0.6 is 0 Å². The van der Waals surface area contributed by atoms with Gasteiger partial charge in [-0.1, -0.05) is 12.1 Å². The van der Waals surface area contributed by atoms with Crippen molar-refractivity contribution in [3.63, 3.8) is 0 Å². The van der Waals surface area contributed by atoms with E-state index in [4.69, 9.17) is 0 Å². The molecule has 1 aromatic rings. The number of hydrogen-bond donors (Lipinski definition) is 1. The van der Waals surface area contributed by atoms with Crippen molar-refractivity contribution in [1.82, 2.24) is 0 Å².